The first-order chi connectivity index (χ1) is 17.1. The lowest BCUT2D eigenvalue weighted by Gasteiger charge is -2.08. The summed E-state index contributed by atoms with van der Waals surface area (Å²) in [4.78, 5) is 12.4. The molecule has 2 N–H and O–H groups in total. The maximum absolute atomic E-state index is 12.4. The predicted molar refractivity (Wildman–Crippen MR) is 134 cm³/mol. The SMILES string of the molecule is COc1ccc(C=NNC(=O)c2cc(-c3ccc(OCc4ccccc4Cl)cc3)n[nH]2)cc1OC. The Bertz CT molecular complexity index is 1340. The van der Waals surface area contributed by atoms with E-state index >= 15 is 0 Å². The summed E-state index contributed by atoms with van der Waals surface area (Å²) in [5.74, 6) is 1.46. The molecule has 0 aliphatic rings. The summed E-state index contributed by atoms with van der Waals surface area (Å²) >= 11 is 6.17. The Hall–Kier alpha value is -4.30. The Morgan fingerprint density at radius 1 is 1.03 bits per heavy atom. The number of H-pyrrole nitrogens is 1. The lowest BCUT2D eigenvalue weighted by Crippen LogP contribution is -2.18. The molecule has 8 nitrogen and oxygen atoms in total. The third-order valence-corrected chi connectivity index (χ3v) is 5.48. The van der Waals surface area contributed by atoms with E-state index in [-0.39, 0.29) is 5.69 Å². The highest BCUT2D eigenvalue weighted by molar-refractivity contribution is 6.31. The molecule has 3 aromatic carbocycles. The third-order valence-electron chi connectivity index (χ3n) is 5.11. The molecule has 0 fully saturated rings. The fourth-order valence-electron chi connectivity index (χ4n) is 3.24. The van der Waals surface area contributed by atoms with Gasteiger partial charge in [-0.1, -0.05) is 29.8 Å². The van der Waals surface area contributed by atoms with Gasteiger partial charge in [-0.25, -0.2) is 5.43 Å². The highest BCUT2D eigenvalue weighted by Crippen LogP contribution is 2.27. The minimum Gasteiger partial charge on any atom is -0.493 e. The van der Waals surface area contributed by atoms with Gasteiger partial charge in [0, 0.05) is 16.1 Å². The standard InChI is InChI=1S/C26H23ClN4O4/c1-33-24-12-7-17(13-25(24)34-2)15-28-31-26(32)23-14-22(29-30-23)18-8-10-20(11-9-18)35-16-19-5-3-4-6-21(19)27/h3-15H,16H2,1-2H3,(H,29,30)(H,31,32). The molecule has 9 heteroatoms. The lowest BCUT2D eigenvalue weighted by molar-refractivity contribution is 0.0950. The van der Waals surface area contributed by atoms with Gasteiger partial charge in [0.15, 0.2) is 11.5 Å². The van der Waals surface area contributed by atoms with E-state index in [1.54, 1.807) is 38.5 Å². The number of benzene rings is 3. The van der Waals surface area contributed by atoms with Gasteiger partial charge in [-0.3, -0.25) is 9.89 Å². The summed E-state index contributed by atoms with van der Waals surface area (Å²) < 4.78 is 16.3. The number of hydrogen-bond acceptors (Lipinski definition) is 6. The van der Waals surface area contributed by atoms with Crippen molar-refractivity contribution in [3.63, 3.8) is 0 Å². The van der Waals surface area contributed by atoms with Crippen LogP contribution in [-0.2, 0) is 6.61 Å². The van der Waals surface area contributed by atoms with Crippen LogP contribution >= 0.6 is 11.6 Å². The van der Waals surface area contributed by atoms with E-state index in [9.17, 15) is 4.79 Å². The van der Waals surface area contributed by atoms with Crippen LogP contribution in [0.15, 0.2) is 77.9 Å². The summed E-state index contributed by atoms with van der Waals surface area (Å²) in [6.07, 6.45) is 1.51. The van der Waals surface area contributed by atoms with E-state index in [0.717, 1.165) is 16.7 Å². The molecule has 0 aliphatic carbocycles. The van der Waals surface area contributed by atoms with Crippen molar-refractivity contribution in [1.29, 1.82) is 0 Å². The smallest absolute Gasteiger partial charge is 0.289 e. The molecule has 4 aromatic rings. The van der Waals surface area contributed by atoms with Crippen molar-refractivity contribution in [2.24, 2.45) is 5.10 Å². The molecule has 0 unspecified atom stereocenters. The summed E-state index contributed by atoms with van der Waals surface area (Å²) in [5, 5.41) is 11.6. The number of hydrazone groups is 1. The van der Waals surface area contributed by atoms with Crippen LogP contribution in [0.3, 0.4) is 0 Å². The van der Waals surface area contributed by atoms with Crippen LogP contribution in [0.1, 0.15) is 21.6 Å². The first-order valence-corrected chi connectivity index (χ1v) is 11.0. The van der Waals surface area contributed by atoms with Crippen molar-refractivity contribution in [3.05, 3.63) is 94.6 Å². The monoisotopic (exact) mass is 490 g/mol. The minimum atomic E-state index is -0.417. The number of halogens is 1. The summed E-state index contributed by atoms with van der Waals surface area (Å²) in [5.41, 5.74) is 5.87. The quantitative estimate of drug-likeness (QED) is 0.251. The second kappa shape index (κ2) is 11.2. The van der Waals surface area contributed by atoms with Gasteiger partial charge in [-0.2, -0.15) is 10.2 Å². The van der Waals surface area contributed by atoms with E-state index in [4.69, 9.17) is 25.8 Å². The van der Waals surface area contributed by atoms with Crippen LogP contribution in [0.5, 0.6) is 17.2 Å². The molecule has 1 amide bonds. The molecular weight excluding hydrogens is 468 g/mol. The Balaban J connectivity index is 1.34. The zero-order valence-electron chi connectivity index (χ0n) is 19.1. The van der Waals surface area contributed by atoms with Crippen LogP contribution in [-0.4, -0.2) is 36.5 Å². The topological polar surface area (TPSA) is 97.8 Å². The highest BCUT2D eigenvalue weighted by Gasteiger charge is 2.11. The molecule has 0 radical (unpaired) electrons. The van der Waals surface area contributed by atoms with Crippen molar-refractivity contribution < 1.29 is 19.0 Å². The number of rotatable bonds is 9. The second-order valence-electron chi connectivity index (χ2n) is 7.38. The highest BCUT2D eigenvalue weighted by atomic mass is 35.5. The number of hydrogen-bond donors (Lipinski definition) is 2. The number of nitrogens with zero attached hydrogens (tertiary/aromatic N) is 2. The molecule has 178 valence electrons. The molecular formula is C26H23ClN4O4. The number of amides is 1. The molecule has 1 aromatic heterocycles. The van der Waals surface area contributed by atoms with Gasteiger partial charge >= 0.3 is 0 Å². The van der Waals surface area contributed by atoms with Crippen molar-refractivity contribution in [2.45, 2.75) is 6.61 Å². The summed E-state index contributed by atoms with van der Waals surface area (Å²) in [6, 6.07) is 21.9. The number of nitrogens with one attached hydrogen (secondary N) is 2. The van der Waals surface area contributed by atoms with Gasteiger partial charge in [-0.15, -0.1) is 0 Å². The number of carbonyl (C=O) groups excluding carboxylic acids is 1. The number of ether oxygens (including phenoxy) is 3. The van der Waals surface area contributed by atoms with Gasteiger partial charge < -0.3 is 14.2 Å². The molecule has 35 heavy (non-hydrogen) atoms. The third kappa shape index (κ3) is 5.99. The zero-order chi connectivity index (χ0) is 24.6. The number of methoxy groups -OCH3 is 2. The molecule has 1 heterocycles. The molecule has 0 atom stereocenters. The second-order valence-corrected chi connectivity index (χ2v) is 7.79. The van der Waals surface area contributed by atoms with Crippen molar-refractivity contribution in [1.82, 2.24) is 15.6 Å². The van der Waals surface area contributed by atoms with Crippen molar-refractivity contribution >= 4 is 23.7 Å². The average Bonchev–Trinajstić information content (AvgIpc) is 3.39. The van der Waals surface area contributed by atoms with E-state index < -0.39 is 5.91 Å². The number of aromatic amines is 1. The van der Waals surface area contributed by atoms with Gasteiger partial charge in [0.2, 0.25) is 0 Å². The summed E-state index contributed by atoms with van der Waals surface area (Å²) in [6.45, 7) is 0.371. The molecule has 0 spiro atoms. The van der Waals surface area contributed by atoms with Gasteiger partial charge in [-0.05, 0) is 60.2 Å². The first-order valence-electron chi connectivity index (χ1n) is 10.6. The Morgan fingerprint density at radius 2 is 1.80 bits per heavy atom. The number of carbonyl (C=O) groups is 1. The normalized spacial score (nSPS) is 10.8. The maximum Gasteiger partial charge on any atom is 0.289 e. The Labute approximate surface area is 207 Å². The van der Waals surface area contributed by atoms with Crippen LogP contribution in [0, 0.1) is 0 Å². The van der Waals surface area contributed by atoms with Crippen molar-refractivity contribution in [3.8, 4) is 28.5 Å². The molecule has 4 rings (SSSR count). The van der Waals surface area contributed by atoms with E-state index in [2.05, 4.69) is 20.7 Å². The first kappa shape index (κ1) is 23.8. The van der Waals surface area contributed by atoms with E-state index in [1.807, 2.05) is 48.5 Å². The fraction of sp³-hybridized carbons (Fsp3) is 0.115. The average molecular weight is 491 g/mol. The van der Waals surface area contributed by atoms with Gasteiger partial charge in [0.05, 0.1) is 26.1 Å². The zero-order valence-corrected chi connectivity index (χ0v) is 19.9. The lowest BCUT2D eigenvalue weighted by atomic mass is 10.1. The molecule has 0 aliphatic heterocycles. The molecule has 0 saturated carbocycles. The molecule has 0 bridgehead atoms. The van der Waals surface area contributed by atoms with E-state index in [1.165, 1.54) is 6.21 Å². The molecule has 0 saturated heterocycles. The summed E-state index contributed by atoms with van der Waals surface area (Å²) in [7, 11) is 3.12. The van der Waals surface area contributed by atoms with E-state index in [0.29, 0.717) is 34.6 Å². The minimum absolute atomic E-state index is 0.281. The van der Waals surface area contributed by atoms with Crippen molar-refractivity contribution in [2.75, 3.05) is 14.2 Å². The Kier molecular flexibility index (Phi) is 7.64. The van der Waals surface area contributed by atoms with Gasteiger partial charge in [0.1, 0.15) is 18.1 Å². The van der Waals surface area contributed by atoms with Crippen LogP contribution < -0.4 is 19.6 Å². The maximum atomic E-state index is 12.4. The number of aromatic nitrogens is 2. The fourth-order valence-corrected chi connectivity index (χ4v) is 3.43. The van der Waals surface area contributed by atoms with Crippen LogP contribution in [0.4, 0.5) is 0 Å². The van der Waals surface area contributed by atoms with Crippen LogP contribution in [0.2, 0.25) is 5.02 Å². The van der Waals surface area contributed by atoms with Gasteiger partial charge in [0.25, 0.3) is 5.91 Å². The van der Waals surface area contributed by atoms with Crippen LogP contribution in [0.25, 0.3) is 11.3 Å². The largest absolute Gasteiger partial charge is 0.493 e. The predicted octanol–water partition coefficient (Wildman–Crippen LogP) is 5.09. The Morgan fingerprint density at radius 3 is 2.54 bits per heavy atom.